The van der Waals surface area contributed by atoms with E-state index in [2.05, 4.69) is 10.3 Å². The highest BCUT2D eigenvalue weighted by atomic mass is 35.5. The van der Waals surface area contributed by atoms with Crippen molar-refractivity contribution in [2.45, 2.75) is 6.18 Å². The van der Waals surface area contributed by atoms with Crippen LogP contribution >= 0.6 is 11.6 Å². The third-order valence-electron chi connectivity index (χ3n) is 2.22. The van der Waals surface area contributed by atoms with Crippen LogP contribution in [0.4, 0.5) is 24.7 Å². The van der Waals surface area contributed by atoms with Crippen LogP contribution in [0.25, 0.3) is 0 Å². The van der Waals surface area contributed by atoms with E-state index in [-0.39, 0.29) is 5.02 Å². The number of benzene rings is 1. The molecular formula is C12H8ClF3N2. The molecule has 2 rings (SSSR count). The lowest BCUT2D eigenvalue weighted by molar-refractivity contribution is -0.137. The summed E-state index contributed by atoms with van der Waals surface area (Å²) in [6, 6.07) is 8.31. The van der Waals surface area contributed by atoms with Gasteiger partial charge in [0, 0.05) is 6.20 Å². The second-order valence-electron chi connectivity index (χ2n) is 3.53. The van der Waals surface area contributed by atoms with Crippen LogP contribution in [0.2, 0.25) is 5.02 Å². The third-order valence-corrected chi connectivity index (χ3v) is 2.54. The number of nitrogens with one attached hydrogen (secondary N) is 1. The number of pyridine rings is 1. The zero-order chi connectivity index (χ0) is 13.2. The molecule has 0 saturated carbocycles. The zero-order valence-corrected chi connectivity index (χ0v) is 9.76. The van der Waals surface area contributed by atoms with Gasteiger partial charge in [-0.25, -0.2) is 4.98 Å². The van der Waals surface area contributed by atoms with Gasteiger partial charge in [-0.15, -0.1) is 0 Å². The molecule has 0 aliphatic heterocycles. The molecule has 0 aliphatic carbocycles. The number of alkyl halides is 3. The Hall–Kier alpha value is -1.75. The van der Waals surface area contributed by atoms with E-state index in [0.29, 0.717) is 11.5 Å². The maximum absolute atomic E-state index is 12.4. The molecule has 94 valence electrons. The highest BCUT2D eigenvalue weighted by Crippen LogP contribution is 2.34. The fourth-order valence-electron chi connectivity index (χ4n) is 1.37. The molecule has 2 nitrogen and oxygen atoms in total. The van der Waals surface area contributed by atoms with E-state index in [1.807, 2.05) is 0 Å². The van der Waals surface area contributed by atoms with E-state index in [1.165, 1.54) is 6.07 Å². The summed E-state index contributed by atoms with van der Waals surface area (Å²) in [6.45, 7) is 0. The van der Waals surface area contributed by atoms with Gasteiger partial charge in [-0.2, -0.15) is 13.2 Å². The summed E-state index contributed by atoms with van der Waals surface area (Å²) in [4.78, 5) is 3.99. The van der Waals surface area contributed by atoms with Gasteiger partial charge in [-0.3, -0.25) is 0 Å². The Kier molecular flexibility index (Phi) is 3.43. The van der Waals surface area contributed by atoms with Gasteiger partial charge in [0.1, 0.15) is 5.82 Å². The van der Waals surface area contributed by atoms with Crippen molar-refractivity contribution in [3.63, 3.8) is 0 Å². The molecule has 1 aromatic heterocycles. The Morgan fingerprint density at radius 3 is 2.44 bits per heavy atom. The summed E-state index contributed by atoms with van der Waals surface area (Å²) >= 11 is 5.80. The molecule has 1 aromatic carbocycles. The monoisotopic (exact) mass is 272 g/mol. The minimum absolute atomic E-state index is 0.00419. The summed E-state index contributed by atoms with van der Waals surface area (Å²) in [7, 11) is 0. The van der Waals surface area contributed by atoms with Crippen molar-refractivity contribution in [1.82, 2.24) is 4.98 Å². The minimum Gasteiger partial charge on any atom is -0.339 e. The van der Waals surface area contributed by atoms with Gasteiger partial charge < -0.3 is 5.32 Å². The van der Waals surface area contributed by atoms with Crippen LogP contribution in [0.15, 0.2) is 42.6 Å². The molecule has 0 radical (unpaired) electrons. The van der Waals surface area contributed by atoms with Gasteiger partial charge in [-0.05, 0) is 30.3 Å². The van der Waals surface area contributed by atoms with E-state index in [1.54, 1.807) is 24.4 Å². The highest BCUT2D eigenvalue weighted by molar-refractivity contribution is 6.33. The normalized spacial score (nSPS) is 11.3. The van der Waals surface area contributed by atoms with Crippen LogP contribution < -0.4 is 5.32 Å². The Balaban J connectivity index is 2.26. The fraction of sp³-hybridized carbons (Fsp3) is 0.0833. The first-order valence-electron chi connectivity index (χ1n) is 5.01. The number of aromatic nitrogens is 1. The number of anilines is 2. The van der Waals surface area contributed by atoms with Gasteiger partial charge >= 0.3 is 6.18 Å². The van der Waals surface area contributed by atoms with E-state index >= 15 is 0 Å². The number of hydrogen-bond donors (Lipinski definition) is 1. The summed E-state index contributed by atoms with van der Waals surface area (Å²) in [6.07, 6.45) is -2.83. The Bertz CT molecular complexity index is 541. The van der Waals surface area contributed by atoms with Crippen LogP contribution in [0, 0.1) is 0 Å². The standard InChI is InChI=1S/C12H8ClF3N2/c13-9-7-8(12(14,15)16)4-5-10(9)18-11-3-1-2-6-17-11/h1-7H,(H,17,18). The molecule has 6 heteroatoms. The molecule has 18 heavy (non-hydrogen) atoms. The predicted molar refractivity (Wildman–Crippen MR) is 64.0 cm³/mol. The number of halogens is 4. The smallest absolute Gasteiger partial charge is 0.339 e. The summed E-state index contributed by atoms with van der Waals surface area (Å²) < 4.78 is 37.3. The largest absolute Gasteiger partial charge is 0.416 e. The topological polar surface area (TPSA) is 24.9 Å². The maximum atomic E-state index is 12.4. The molecule has 1 heterocycles. The number of rotatable bonds is 2. The molecule has 0 amide bonds. The molecule has 0 unspecified atom stereocenters. The van der Waals surface area contributed by atoms with Gasteiger partial charge in [0.2, 0.25) is 0 Å². The minimum atomic E-state index is -4.40. The summed E-state index contributed by atoms with van der Waals surface area (Å²) in [5.74, 6) is 0.513. The van der Waals surface area contributed by atoms with Crippen molar-refractivity contribution < 1.29 is 13.2 Å². The third kappa shape index (κ3) is 2.92. The van der Waals surface area contributed by atoms with Gasteiger partial charge in [0.05, 0.1) is 16.3 Å². The SMILES string of the molecule is FC(F)(F)c1ccc(Nc2ccccn2)c(Cl)c1. The van der Waals surface area contributed by atoms with E-state index in [9.17, 15) is 13.2 Å². The first-order valence-corrected chi connectivity index (χ1v) is 5.39. The van der Waals surface area contributed by atoms with Gasteiger partial charge in [-0.1, -0.05) is 17.7 Å². The van der Waals surface area contributed by atoms with Crippen LogP contribution in [0.5, 0.6) is 0 Å². The highest BCUT2D eigenvalue weighted by Gasteiger charge is 2.30. The van der Waals surface area contributed by atoms with Gasteiger partial charge in [0.15, 0.2) is 0 Å². The van der Waals surface area contributed by atoms with Crippen molar-refractivity contribution in [1.29, 1.82) is 0 Å². The first kappa shape index (κ1) is 12.7. The van der Waals surface area contributed by atoms with Crippen LogP contribution in [-0.4, -0.2) is 4.98 Å². The van der Waals surface area contributed by atoms with Crippen molar-refractivity contribution >= 4 is 23.1 Å². The average Bonchev–Trinajstić information content (AvgIpc) is 2.32. The summed E-state index contributed by atoms with van der Waals surface area (Å²) in [5, 5.41) is 2.84. The molecule has 1 N–H and O–H groups in total. The van der Waals surface area contributed by atoms with E-state index < -0.39 is 11.7 Å². The zero-order valence-electron chi connectivity index (χ0n) is 9.00. The molecule has 0 fully saturated rings. The number of hydrogen-bond acceptors (Lipinski definition) is 2. The summed E-state index contributed by atoms with van der Waals surface area (Å²) in [5.41, 5.74) is -0.401. The number of nitrogens with zero attached hydrogens (tertiary/aromatic N) is 1. The van der Waals surface area contributed by atoms with Crippen molar-refractivity contribution in [3.8, 4) is 0 Å². The molecule has 2 aromatic rings. The molecule has 0 aliphatic rings. The Morgan fingerprint density at radius 2 is 1.89 bits per heavy atom. The van der Waals surface area contributed by atoms with Crippen LogP contribution in [-0.2, 0) is 6.18 Å². The first-order chi connectivity index (χ1) is 8.47. The lowest BCUT2D eigenvalue weighted by Gasteiger charge is -2.11. The van der Waals surface area contributed by atoms with E-state index in [4.69, 9.17) is 11.6 Å². The molecule has 0 bridgehead atoms. The van der Waals surface area contributed by atoms with Crippen LogP contribution in [0.3, 0.4) is 0 Å². The van der Waals surface area contributed by atoms with Crippen molar-refractivity contribution in [3.05, 3.63) is 53.2 Å². The lowest BCUT2D eigenvalue weighted by atomic mass is 10.2. The predicted octanol–water partition coefficient (Wildman–Crippen LogP) is 4.50. The average molecular weight is 273 g/mol. The Labute approximate surface area is 106 Å². The van der Waals surface area contributed by atoms with E-state index in [0.717, 1.165) is 12.1 Å². The molecule has 0 saturated heterocycles. The maximum Gasteiger partial charge on any atom is 0.416 e. The second-order valence-corrected chi connectivity index (χ2v) is 3.94. The van der Waals surface area contributed by atoms with Crippen molar-refractivity contribution in [2.24, 2.45) is 0 Å². The van der Waals surface area contributed by atoms with Crippen LogP contribution in [0.1, 0.15) is 5.56 Å². The van der Waals surface area contributed by atoms with Gasteiger partial charge in [0.25, 0.3) is 0 Å². The Morgan fingerprint density at radius 1 is 1.11 bits per heavy atom. The second kappa shape index (κ2) is 4.86. The molecular weight excluding hydrogens is 265 g/mol. The molecule has 0 spiro atoms. The van der Waals surface area contributed by atoms with Crippen molar-refractivity contribution in [2.75, 3.05) is 5.32 Å². The lowest BCUT2D eigenvalue weighted by Crippen LogP contribution is -2.05. The fourth-order valence-corrected chi connectivity index (χ4v) is 1.60. The quantitative estimate of drug-likeness (QED) is 0.871. The molecule has 0 atom stereocenters.